The lowest BCUT2D eigenvalue weighted by atomic mass is 10.3. The molecule has 0 bridgehead atoms. The monoisotopic (exact) mass is 290 g/mol. The second-order valence-electron chi connectivity index (χ2n) is 4.29. The predicted molar refractivity (Wildman–Crippen MR) is 76.1 cm³/mol. The Kier molecular flexibility index (Phi) is 4.17. The van der Waals surface area contributed by atoms with E-state index in [0.29, 0.717) is 17.4 Å². The Labute approximate surface area is 121 Å². The summed E-state index contributed by atoms with van der Waals surface area (Å²) in [5.74, 6) is 1.27. The molecule has 0 spiro atoms. The highest BCUT2D eigenvalue weighted by Crippen LogP contribution is 2.31. The molecule has 8 heteroatoms. The Morgan fingerprint density at radius 3 is 2.71 bits per heavy atom. The van der Waals surface area contributed by atoms with Gasteiger partial charge in [0.05, 0.1) is 24.3 Å². The molecule has 2 aromatic rings. The van der Waals surface area contributed by atoms with Crippen LogP contribution in [0.1, 0.15) is 0 Å². The van der Waals surface area contributed by atoms with E-state index in [0.717, 1.165) is 0 Å². The number of aromatic nitrogens is 2. The van der Waals surface area contributed by atoms with Gasteiger partial charge in [-0.1, -0.05) is 6.07 Å². The lowest BCUT2D eigenvalue weighted by molar-refractivity contribution is -0.384. The van der Waals surface area contributed by atoms with Crippen LogP contribution in [-0.2, 0) is 0 Å². The fraction of sp³-hybridized carbons (Fsp3) is 0.231. The van der Waals surface area contributed by atoms with Gasteiger partial charge in [-0.15, -0.1) is 0 Å². The van der Waals surface area contributed by atoms with Crippen molar-refractivity contribution >= 4 is 11.6 Å². The average Bonchev–Trinajstić information content (AvgIpc) is 2.47. The maximum atomic E-state index is 10.8. The van der Waals surface area contributed by atoms with E-state index in [1.54, 1.807) is 25.1 Å². The van der Waals surface area contributed by atoms with Gasteiger partial charge in [0.1, 0.15) is 5.75 Å². The molecule has 1 heterocycles. The van der Waals surface area contributed by atoms with Crippen LogP contribution in [0.4, 0.5) is 11.6 Å². The van der Waals surface area contributed by atoms with Crippen LogP contribution in [-0.4, -0.2) is 36.1 Å². The van der Waals surface area contributed by atoms with Crippen LogP contribution in [0, 0.1) is 10.1 Å². The highest BCUT2D eigenvalue weighted by molar-refractivity contribution is 5.44. The summed E-state index contributed by atoms with van der Waals surface area (Å²) < 4.78 is 10.7. The van der Waals surface area contributed by atoms with Crippen molar-refractivity contribution in [2.45, 2.75) is 0 Å². The molecule has 0 aliphatic heterocycles. The minimum atomic E-state index is -0.491. The van der Waals surface area contributed by atoms with Crippen molar-refractivity contribution in [1.82, 2.24) is 9.97 Å². The molecule has 0 saturated heterocycles. The number of anilines is 1. The minimum Gasteiger partial charge on any atom is -0.490 e. The maximum absolute atomic E-state index is 10.8. The van der Waals surface area contributed by atoms with Crippen LogP contribution in [0.3, 0.4) is 0 Å². The summed E-state index contributed by atoms with van der Waals surface area (Å²) in [5.41, 5.74) is -0.0617. The highest BCUT2D eigenvalue weighted by atomic mass is 16.6. The Bertz CT molecular complexity index is 660. The number of methoxy groups -OCH3 is 1. The first-order chi connectivity index (χ1) is 10.0. The van der Waals surface area contributed by atoms with Crippen molar-refractivity contribution in [2.24, 2.45) is 0 Å². The smallest absolute Gasteiger partial charge is 0.273 e. The summed E-state index contributed by atoms with van der Waals surface area (Å²) in [6.07, 6.45) is 1.48. The lowest BCUT2D eigenvalue weighted by Crippen LogP contribution is -2.13. The van der Waals surface area contributed by atoms with Gasteiger partial charge in [-0.3, -0.25) is 10.1 Å². The molecule has 2 rings (SSSR count). The van der Waals surface area contributed by atoms with Crippen LogP contribution < -0.4 is 14.4 Å². The SMILES string of the molecule is COc1cnc(N(C)C)nc1Oc1cccc([N+](=O)[O-])c1. The minimum absolute atomic E-state index is 0.0617. The van der Waals surface area contributed by atoms with Crippen LogP contribution >= 0.6 is 0 Å². The van der Waals surface area contributed by atoms with Crippen molar-refractivity contribution in [3.8, 4) is 17.4 Å². The first-order valence-electron chi connectivity index (χ1n) is 6.02. The quantitative estimate of drug-likeness (QED) is 0.616. The number of hydrogen-bond donors (Lipinski definition) is 0. The number of non-ortho nitro benzene ring substituents is 1. The molecule has 0 aliphatic carbocycles. The van der Waals surface area contributed by atoms with Crippen molar-refractivity contribution in [3.05, 3.63) is 40.6 Å². The zero-order chi connectivity index (χ0) is 15.4. The summed E-state index contributed by atoms with van der Waals surface area (Å²) in [4.78, 5) is 20.3. The molecule has 1 aromatic heterocycles. The summed E-state index contributed by atoms with van der Waals surface area (Å²) in [5, 5.41) is 10.8. The van der Waals surface area contributed by atoms with Gasteiger partial charge in [0.15, 0.2) is 5.75 Å². The normalized spacial score (nSPS) is 10.0. The fourth-order valence-electron chi connectivity index (χ4n) is 1.55. The predicted octanol–water partition coefficient (Wildman–Crippen LogP) is 2.25. The van der Waals surface area contributed by atoms with E-state index in [2.05, 4.69) is 9.97 Å². The fourth-order valence-corrected chi connectivity index (χ4v) is 1.55. The molecule has 0 N–H and O–H groups in total. The van der Waals surface area contributed by atoms with E-state index < -0.39 is 4.92 Å². The van der Waals surface area contributed by atoms with Crippen LogP contribution in [0.5, 0.6) is 17.4 Å². The molecule has 8 nitrogen and oxygen atoms in total. The molecule has 110 valence electrons. The topological polar surface area (TPSA) is 90.6 Å². The van der Waals surface area contributed by atoms with Crippen molar-refractivity contribution in [2.75, 3.05) is 26.1 Å². The van der Waals surface area contributed by atoms with Gasteiger partial charge < -0.3 is 14.4 Å². The van der Waals surface area contributed by atoms with Gasteiger partial charge in [-0.25, -0.2) is 4.98 Å². The zero-order valence-electron chi connectivity index (χ0n) is 11.8. The van der Waals surface area contributed by atoms with E-state index in [-0.39, 0.29) is 11.6 Å². The molecule has 0 radical (unpaired) electrons. The molecule has 21 heavy (non-hydrogen) atoms. The molecule has 0 amide bonds. The van der Waals surface area contributed by atoms with Crippen molar-refractivity contribution in [3.63, 3.8) is 0 Å². The first-order valence-corrected chi connectivity index (χ1v) is 6.02. The summed E-state index contributed by atoms with van der Waals surface area (Å²) in [6, 6.07) is 5.84. The molecular weight excluding hydrogens is 276 g/mol. The standard InChI is InChI=1S/C13H14N4O4/c1-16(2)13-14-8-11(20-3)12(15-13)21-10-6-4-5-9(7-10)17(18)19/h4-8H,1-3H3. The second-order valence-corrected chi connectivity index (χ2v) is 4.29. The number of nitro groups is 1. The number of nitrogens with zero attached hydrogens (tertiary/aromatic N) is 4. The van der Waals surface area contributed by atoms with Gasteiger partial charge in [0, 0.05) is 20.2 Å². The van der Waals surface area contributed by atoms with E-state index in [9.17, 15) is 10.1 Å². The molecule has 1 aromatic carbocycles. The molecule has 0 saturated carbocycles. The third-order valence-electron chi connectivity index (χ3n) is 2.57. The maximum Gasteiger partial charge on any atom is 0.273 e. The Balaban J connectivity index is 2.35. The van der Waals surface area contributed by atoms with E-state index >= 15 is 0 Å². The van der Waals surface area contributed by atoms with Crippen molar-refractivity contribution < 1.29 is 14.4 Å². The van der Waals surface area contributed by atoms with Gasteiger partial charge >= 0.3 is 0 Å². The van der Waals surface area contributed by atoms with E-state index in [4.69, 9.17) is 9.47 Å². The first kappa shape index (κ1) is 14.5. The summed E-state index contributed by atoms with van der Waals surface area (Å²) in [7, 11) is 5.05. The summed E-state index contributed by atoms with van der Waals surface area (Å²) in [6.45, 7) is 0. The average molecular weight is 290 g/mol. The third-order valence-corrected chi connectivity index (χ3v) is 2.57. The van der Waals surface area contributed by atoms with Gasteiger partial charge in [-0.05, 0) is 6.07 Å². The van der Waals surface area contributed by atoms with Gasteiger partial charge in [0.25, 0.3) is 11.6 Å². The molecule has 0 unspecified atom stereocenters. The van der Waals surface area contributed by atoms with Gasteiger partial charge in [-0.2, -0.15) is 4.98 Å². The summed E-state index contributed by atoms with van der Waals surface area (Å²) >= 11 is 0. The largest absolute Gasteiger partial charge is 0.490 e. The lowest BCUT2D eigenvalue weighted by Gasteiger charge is -2.13. The van der Waals surface area contributed by atoms with E-state index in [1.165, 1.54) is 31.5 Å². The number of rotatable bonds is 5. The van der Waals surface area contributed by atoms with Crippen LogP contribution in [0.15, 0.2) is 30.5 Å². The number of nitro benzene ring substituents is 1. The van der Waals surface area contributed by atoms with Crippen LogP contribution in [0.2, 0.25) is 0 Å². The number of hydrogen-bond acceptors (Lipinski definition) is 7. The molecule has 0 aliphatic rings. The zero-order valence-corrected chi connectivity index (χ0v) is 11.8. The van der Waals surface area contributed by atoms with Crippen LogP contribution in [0.25, 0.3) is 0 Å². The third kappa shape index (κ3) is 3.35. The highest BCUT2D eigenvalue weighted by Gasteiger charge is 2.13. The van der Waals surface area contributed by atoms with E-state index in [1.807, 2.05) is 0 Å². The molecular formula is C13H14N4O4. The Morgan fingerprint density at radius 1 is 1.33 bits per heavy atom. The van der Waals surface area contributed by atoms with Crippen molar-refractivity contribution in [1.29, 1.82) is 0 Å². The number of benzene rings is 1. The second kappa shape index (κ2) is 6.04. The Hall–Kier alpha value is -2.90. The van der Waals surface area contributed by atoms with Gasteiger partial charge in [0.2, 0.25) is 5.95 Å². The Morgan fingerprint density at radius 2 is 2.10 bits per heavy atom. The molecule has 0 atom stereocenters. The number of ether oxygens (including phenoxy) is 2. The molecule has 0 fully saturated rings.